The molecular formula is C24H24N2O4. The summed E-state index contributed by atoms with van der Waals surface area (Å²) in [7, 11) is 0. The summed E-state index contributed by atoms with van der Waals surface area (Å²) in [5.41, 5.74) is 2.93. The largest absolute Gasteiger partial charge is 0.464 e. The van der Waals surface area contributed by atoms with Gasteiger partial charge in [-0.2, -0.15) is 0 Å². The van der Waals surface area contributed by atoms with Crippen LogP contribution in [0.5, 0.6) is 0 Å². The van der Waals surface area contributed by atoms with E-state index >= 15 is 0 Å². The zero-order valence-electron chi connectivity index (χ0n) is 17.0. The first-order valence-corrected chi connectivity index (χ1v) is 10.0. The standard InChI is InChI=1S/C24H24N2O4/c1-15(2)14-25-24(28)20(12-16-3-5-21-17(11-16)7-9-29-21)26-23(27)19-4-6-22-18(13-19)8-10-30-22/h3-11,13,15,20H,12,14H2,1-2H3,(H,25,28)(H,26,27). The van der Waals surface area contributed by atoms with E-state index in [4.69, 9.17) is 8.83 Å². The van der Waals surface area contributed by atoms with Crippen molar-refractivity contribution in [3.8, 4) is 0 Å². The Labute approximate surface area is 174 Å². The molecule has 6 heteroatoms. The van der Waals surface area contributed by atoms with Gasteiger partial charge in [-0.3, -0.25) is 9.59 Å². The highest BCUT2D eigenvalue weighted by Crippen LogP contribution is 2.19. The topological polar surface area (TPSA) is 84.5 Å². The Hall–Kier alpha value is -3.54. The average molecular weight is 404 g/mol. The van der Waals surface area contributed by atoms with Gasteiger partial charge in [0.2, 0.25) is 5.91 Å². The second-order valence-electron chi connectivity index (χ2n) is 7.84. The fourth-order valence-electron chi connectivity index (χ4n) is 3.37. The molecule has 1 unspecified atom stereocenters. The predicted molar refractivity (Wildman–Crippen MR) is 115 cm³/mol. The van der Waals surface area contributed by atoms with Crippen LogP contribution in [0.25, 0.3) is 21.9 Å². The highest BCUT2D eigenvalue weighted by Gasteiger charge is 2.22. The first-order valence-electron chi connectivity index (χ1n) is 10.0. The highest BCUT2D eigenvalue weighted by molar-refractivity contribution is 6.00. The van der Waals surface area contributed by atoms with Gasteiger partial charge in [-0.1, -0.05) is 19.9 Å². The number of fused-ring (bicyclic) bond motifs is 2. The molecule has 0 radical (unpaired) electrons. The van der Waals surface area contributed by atoms with E-state index in [-0.39, 0.29) is 11.8 Å². The van der Waals surface area contributed by atoms with Crippen molar-refractivity contribution in [3.05, 3.63) is 72.2 Å². The number of nitrogens with one attached hydrogen (secondary N) is 2. The minimum Gasteiger partial charge on any atom is -0.464 e. The van der Waals surface area contributed by atoms with Crippen LogP contribution in [0.1, 0.15) is 29.8 Å². The fraction of sp³-hybridized carbons (Fsp3) is 0.250. The third-order valence-electron chi connectivity index (χ3n) is 4.98. The molecule has 1 atom stereocenters. The van der Waals surface area contributed by atoms with Gasteiger partial charge in [-0.05, 0) is 53.9 Å². The van der Waals surface area contributed by atoms with Crippen LogP contribution in [0.2, 0.25) is 0 Å². The number of hydrogen-bond donors (Lipinski definition) is 2. The van der Waals surface area contributed by atoms with Crippen LogP contribution < -0.4 is 10.6 Å². The molecule has 30 heavy (non-hydrogen) atoms. The van der Waals surface area contributed by atoms with Gasteiger partial charge in [0.15, 0.2) is 0 Å². The molecule has 0 saturated heterocycles. The van der Waals surface area contributed by atoms with Crippen LogP contribution in [-0.2, 0) is 11.2 Å². The zero-order valence-corrected chi connectivity index (χ0v) is 17.0. The van der Waals surface area contributed by atoms with Crippen molar-refractivity contribution >= 4 is 33.8 Å². The summed E-state index contributed by atoms with van der Waals surface area (Å²) < 4.78 is 10.7. The third kappa shape index (κ3) is 4.38. The van der Waals surface area contributed by atoms with Crippen LogP contribution in [0, 0.1) is 5.92 Å². The molecule has 0 spiro atoms. The summed E-state index contributed by atoms with van der Waals surface area (Å²) >= 11 is 0. The number of carbonyl (C=O) groups is 2. The van der Waals surface area contributed by atoms with E-state index in [0.29, 0.717) is 30.0 Å². The molecule has 2 aromatic heterocycles. The molecule has 6 nitrogen and oxygen atoms in total. The van der Waals surface area contributed by atoms with Crippen LogP contribution in [0.3, 0.4) is 0 Å². The minimum absolute atomic E-state index is 0.200. The lowest BCUT2D eigenvalue weighted by Crippen LogP contribution is -2.48. The number of rotatable bonds is 7. The van der Waals surface area contributed by atoms with E-state index < -0.39 is 6.04 Å². The maximum atomic E-state index is 12.9. The normalized spacial score (nSPS) is 12.4. The highest BCUT2D eigenvalue weighted by atomic mass is 16.3. The predicted octanol–water partition coefficient (Wildman–Crippen LogP) is 4.29. The van der Waals surface area contributed by atoms with Gasteiger partial charge in [0.1, 0.15) is 17.2 Å². The van der Waals surface area contributed by atoms with Crippen molar-refractivity contribution in [3.63, 3.8) is 0 Å². The van der Waals surface area contributed by atoms with E-state index in [1.54, 1.807) is 36.8 Å². The molecule has 2 N–H and O–H groups in total. The van der Waals surface area contributed by atoms with Crippen LogP contribution in [-0.4, -0.2) is 24.4 Å². The lowest BCUT2D eigenvalue weighted by molar-refractivity contribution is -0.123. The lowest BCUT2D eigenvalue weighted by Gasteiger charge is -2.19. The average Bonchev–Trinajstić information content (AvgIpc) is 3.39. The number of amides is 2. The molecule has 0 bridgehead atoms. The molecule has 4 aromatic rings. The third-order valence-corrected chi connectivity index (χ3v) is 4.98. The minimum atomic E-state index is -0.694. The van der Waals surface area contributed by atoms with Gasteiger partial charge in [-0.25, -0.2) is 0 Å². The molecule has 2 aromatic carbocycles. The van der Waals surface area contributed by atoms with Crippen molar-refractivity contribution in [2.24, 2.45) is 5.92 Å². The summed E-state index contributed by atoms with van der Waals surface area (Å²) in [6.07, 6.45) is 3.60. The molecule has 0 saturated carbocycles. The lowest BCUT2D eigenvalue weighted by atomic mass is 10.0. The van der Waals surface area contributed by atoms with Crippen LogP contribution in [0.4, 0.5) is 0 Å². The van der Waals surface area contributed by atoms with E-state index in [2.05, 4.69) is 10.6 Å². The first-order chi connectivity index (χ1) is 14.5. The van der Waals surface area contributed by atoms with Gasteiger partial charge >= 0.3 is 0 Å². The zero-order chi connectivity index (χ0) is 21.1. The van der Waals surface area contributed by atoms with Crippen LogP contribution in [0.15, 0.2) is 69.9 Å². The molecule has 0 aliphatic heterocycles. The molecule has 0 aliphatic carbocycles. The summed E-state index contributed by atoms with van der Waals surface area (Å²) in [5.74, 6) is -0.183. The smallest absolute Gasteiger partial charge is 0.251 e. The maximum Gasteiger partial charge on any atom is 0.251 e. The summed E-state index contributed by atoms with van der Waals surface area (Å²) in [5, 5.41) is 7.63. The summed E-state index contributed by atoms with van der Waals surface area (Å²) in [6.45, 7) is 4.61. The second kappa shape index (κ2) is 8.45. The molecular weight excluding hydrogens is 380 g/mol. The van der Waals surface area contributed by atoms with Crippen molar-refractivity contribution < 1.29 is 18.4 Å². The van der Waals surface area contributed by atoms with Gasteiger partial charge in [0.25, 0.3) is 5.91 Å². The Balaban J connectivity index is 1.55. The Bertz CT molecular complexity index is 1190. The van der Waals surface area contributed by atoms with Crippen molar-refractivity contribution in [2.45, 2.75) is 26.3 Å². The van der Waals surface area contributed by atoms with Gasteiger partial charge in [-0.15, -0.1) is 0 Å². The number of benzene rings is 2. The van der Waals surface area contributed by atoms with Gasteiger partial charge in [0.05, 0.1) is 12.5 Å². The number of hydrogen-bond acceptors (Lipinski definition) is 4. The monoisotopic (exact) mass is 404 g/mol. The summed E-state index contributed by atoms with van der Waals surface area (Å²) in [4.78, 5) is 25.7. The molecule has 2 heterocycles. The first kappa shape index (κ1) is 19.8. The van der Waals surface area contributed by atoms with E-state index in [1.165, 1.54) is 0 Å². The van der Waals surface area contributed by atoms with E-state index in [1.807, 2.05) is 38.1 Å². The Morgan fingerprint density at radius 2 is 1.57 bits per heavy atom. The fourth-order valence-corrected chi connectivity index (χ4v) is 3.37. The second-order valence-corrected chi connectivity index (χ2v) is 7.84. The molecule has 154 valence electrons. The SMILES string of the molecule is CC(C)CNC(=O)C(Cc1ccc2occc2c1)NC(=O)c1ccc2occc2c1. The van der Waals surface area contributed by atoms with E-state index in [0.717, 1.165) is 21.9 Å². The molecule has 0 aliphatic rings. The Kier molecular flexibility index (Phi) is 5.57. The number of carbonyl (C=O) groups excluding carboxylic acids is 2. The molecule has 0 fully saturated rings. The van der Waals surface area contributed by atoms with Gasteiger partial charge < -0.3 is 19.5 Å². The number of furan rings is 2. The van der Waals surface area contributed by atoms with E-state index in [9.17, 15) is 9.59 Å². The quantitative estimate of drug-likeness (QED) is 0.481. The molecule has 4 rings (SSSR count). The van der Waals surface area contributed by atoms with Crippen molar-refractivity contribution in [1.82, 2.24) is 10.6 Å². The van der Waals surface area contributed by atoms with Gasteiger partial charge in [0, 0.05) is 29.3 Å². The van der Waals surface area contributed by atoms with Crippen molar-refractivity contribution in [1.29, 1.82) is 0 Å². The maximum absolute atomic E-state index is 12.9. The van der Waals surface area contributed by atoms with Crippen molar-refractivity contribution in [2.75, 3.05) is 6.54 Å². The summed E-state index contributed by atoms with van der Waals surface area (Å²) in [6, 6.07) is 14.0. The molecule has 2 amide bonds. The van der Waals surface area contributed by atoms with Crippen LogP contribution >= 0.6 is 0 Å². The Morgan fingerprint density at radius 3 is 2.27 bits per heavy atom. The Morgan fingerprint density at radius 1 is 0.900 bits per heavy atom.